The standard InChI is InChI=1S/C19H27NO3/c1-4-23-19(22)17-9-11-20(12-10-17)18(21)8-7-16-6-5-14(2)13-15(16)3/h5-6,13,17H,4,7-12H2,1-3H3. The van der Waals surface area contributed by atoms with Crippen LogP contribution in [0.15, 0.2) is 18.2 Å². The Kier molecular flexibility index (Phi) is 6.20. The number of rotatable bonds is 5. The Labute approximate surface area is 138 Å². The van der Waals surface area contributed by atoms with E-state index in [4.69, 9.17) is 4.74 Å². The predicted octanol–water partition coefficient (Wildman–Crippen LogP) is 3.04. The highest BCUT2D eigenvalue weighted by Gasteiger charge is 2.27. The second kappa shape index (κ2) is 8.14. The quantitative estimate of drug-likeness (QED) is 0.784. The van der Waals surface area contributed by atoms with Crippen LogP contribution in [0.5, 0.6) is 0 Å². The van der Waals surface area contributed by atoms with Crippen LogP contribution in [0.4, 0.5) is 0 Å². The number of amides is 1. The first-order valence-electron chi connectivity index (χ1n) is 8.51. The summed E-state index contributed by atoms with van der Waals surface area (Å²) in [4.78, 5) is 26.0. The van der Waals surface area contributed by atoms with E-state index < -0.39 is 0 Å². The Morgan fingerprint density at radius 3 is 2.52 bits per heavy atom. The summed E-state index contributed by atoms with van der Waals surface area (Å²) >= 11 is 0. The number of likely N-dealkylation sites (tertiary alicyclic amines) is 1. The molecule has 1 saturated heterocycles. The van der Waals surface area contributed by atoms with Crippen molar-refractivity contribution in [1.29, 1.82) is 0 Å². The molecule has 1 aliphatic rings. The van der Waals surface area contributed by atoms with Gasteiger partial charge in [0.05, 0.1) is 12.5 Å². The molecule has 1 fully saturated rings. The summed E-state index contributed by atoms with van der Waals surface area (Å²) in [6.45, 7) is 7.75. The summed E-state index contributed by atoms with van der Waals surface area (Å²) in [6.07, 6.45) is 2.75. The summed E-state index contributed by atoms with van der Waals surface area (Å²) < 4.78 is 5.06. The average Bonchev–Trinajstić information content (AvgIpc) is 2.54. The van der Waals surface area contributed by atoms with Gasteiger partial charge in [-0.25, -0.2) is 0 Å². The molecule has 1 aliphatic heterocycles. The van der Waals surface area contributed by atoms with Gasteiger partial charge in [0.2, 0.25) is 5.91 Å². The fourth-order valence-corrected chi connectivity index (χ4v) is 3.15. The number of piperidine rings is 1. The third-order valence-corrected chi connectivity index (χ3v) is 4.57. The van der Waals surface area contributed by atoms with Crippen LogP contribution in [0, 0.1) is 19.8 Å². The first kappa shape index (κ1) is 17.5. The number of ether oxygens (including phenoxy) is 1. The molecule has 1 amide bonds. The molecule has 2 rings (SSSR count). The van der Waals surface area contributed by atoms with Gasteiger partial charge in [0, 0.05) is 19.5 Å². The van der Waals surface area contributed by atoms with Crippen LogP contribution in [0.3, 0.4) is 0 Å². The van der Waals surface area contributed by atoms with Crippen LogP contribution in [0.1, 0.15) is 42.9 Å². The third kappa shape index (κ3) is 4.81. The van der Waals surface area contributed by atoms with E-state index in [1.165, 1.54) is 16.7 Å². The Hall–Kier alpha value is -1.84. The van der Waals surface area contributed by atoms with Gasteiger partial charge >= 0.3 is 5.97 Å². The number of hydrogen-bond donors (Lipinski definition) is 0. The number of benzene rings is 1. The molecule has 1 aromatic rings. The zero-order chi connectivity index (χ0) is 16.8. The summed E-state index contributed by atoms with van der Waals surface area (Å²) in [5.41, 5.74) is 3.74. The molecule has 0 radical (unpaired) electrons. The van der Waals surface area contributed by atoms with E-state index in [-0.39, 0.29) is 17.8 Å². The minimum Gasteiger partial charge on any atom is -0.466 e. The molecule has 1 heterocycles. The van der Waals surface area contributed by atoms with Crippen LogP contribution in [0.25, 0.3) is 0 Å². The van der Waals surface area contributed by atoms with Crippen molar-refractivity contribution in [3.05, 3.63) is 34.9 Å². The number of aryl methyl sites for hydroxylation is 3. The maximum absolute atomic E-state index is 12.4. The normalized spacial score (nSPS) is 15.5. The number of carbonyl (C=O) groups is 2. The predicted molar refractivity (Wildman–Crippen MR) is 90.2 cm³/mol. The highest BCUT2D eigenvalue weighted by molar-refractivity contribution is 5.77. The number of nitrogens with zero attached hydrogens (tertiary/aromatic N) is 1. The van der Waals surface area contributed by atoms with Crippen molar-refractivity contribution in [1.82, 2.24) is 4.90 Å². The van der Waals surface area contributed by atoms with Gasteiger partial charge < -0.3 is 9.64 Å². The number of esters is 1. The van der Waals surface area contributed by atoms with Crippen molar-refractivity contribution in [3.8, 4) is 0 Å². The van der Waals surface area contributed by atoms with Crippen molar-refractivity contribution in [2.45, 2.75) is 46.5 Å². The largest absolute Gasteiger partial charge is 0.466 e. The Morgan fingerprint density at radius 2 is 1.91 bits per heavy atom. The highest BCUT2D eigenvalue weighted by atomic mass is 16.5. The van der Waals surface area contributed by atoms with Crippen LogP contribution < -0.4 is 0 Å². The molecule has 4 nitrogen and oxygen atoms in total. The average molecular weight is 317 g/mol. The summed E-state index contributed by atoms with van der Waals surface area (Å²) in [6, 6.07) is 6.37. The molecule has 0 aliphatic carbocycles. The zero-order valence-corrected chi connectivity index (χ0v) is 14.4. The van der Waals surface area contributed by atoms with Gasteiger partial charge in [-0.2, -0.15) is 0 Å². The molecular weight excluding hydrogens is 290 g/mol. The van der Waals surface area contributed by atoms with Gasteiger partial charge in [0.25, 0.3) is 0 Å². The lowest BCUT2D eigenvalue weighted by Gasteiger charge is -2.31. The molecule has 0 N–H and O–H groups in total. The third-order valence-electron chi connectivity index (χ3n) is 4.57. The molecule has 0 spiro atoms. The SMILES string of the molecule is CCOC(=O)C1CCN(C(=O)CCc2ccc(C)cc2C)CC1. The van der Waals surface area contributed by atoms with Gasteiger partial charge in [-0.15, -0.1) is 0 Å². The van der Waals surface area contributed by atoms with Gasteiger partial charge in [-0.05, 0) is 51.2 Å². The lowest BCUT2D eigenvalue weighted by molar-refractivity contribution is -0.151. The number of hydrogen-bond acceptors (Lipinski definition) is 3. The van der Waals surface area contributed by atoms with Crippen molar-refractivity contribution in [2.24, 2.45) is 5.92 Å². The van der Waals surface area contributed by atoms with Gasteiger partial charge in [0.1, 0.15) is 0 Å². The van der Waals surface area contributed by atoms with E-state index >= 15 is 0 Å². The molecular formula is C19H27NO3. The van der Waals surface area contributed by atoms with Gasteiger partial charge in [-0.3, -0.25) is 9.59 Å². The van der Waals surface area contributed by atoms with E-state index in [1.807, 2.05) is 11.8 Å². The van der Waals surface area contributed by atoms with Crippen LogP contribution in [-0.2, 0) is 20.7 Å². The first-order valence-corrected chi connectivity index (χ1v) is 8.51. The molecule has 0 bridgehead atoms. The fraction of sp³-hybridized carbons (Fsp3) is 0.579. The molecule has 1 aromatic carbocycles. The molecule has 23 heavy (non-hydrogen) atoms. The van der Waals surface area contributed by atoms with Gasteiger partial charge in [0.15, 0.2) is 0 Å². The second-order valence-corrected chi connectivity index (χ2v) is 6.34. The Balaban J connectivity index is 1.80. The highest BCUT2D eigenvalue weighted by Crippen LogP contribution is 2.20. The van der Waals surface area contributed by atoms with Crippen molar-refractivity contribution < 1.29 is 14.3 Å². The molecule has 126 valence electrons. The molecule has 0 atom stereocenters. The van der Waals surface area contributed by atoms with Crippen LogP contribution in [-0.4, -0.2) is 36.5 Å². The maximum Gasteiger partial charge on any atom is 0.309 e. The van der Waals surface area contributed by atoms with Crippen molar-refractivity contribution >= 4 is 11.9 Å². The summed E-state index contributed by atoms with van der Waals surface area (Å²) in [5.74, 6) is 0.0282. The van der Waals surface area contributed by atoms with E-state index in [1.54, 1.807) is 0 Å². The zero-order valence-electron chi connectivity index (χ0n) is 14.4. The van der Waals surface area contributed by atoms with Crippen LogP contribution in [0.2, 0.25) is 0 Å². The molecule has 0 unspecified atom stereocenters. The van der Waals surface area contributed by atoms with E-state index in [9.17, 15) is 9.59 Å². The maximum atomic E-state index is 12.4. The minimum atomic E-state index is -0.116. The lowest BCUT2D eigenvalue weighted by atomic mass is 9.96. The van der Waals surface area contributed by atoms with Crippen molar-refractivity contribution in [3.63, 3.8) is 0 Å². The first-order chi connectivity index (χ1) is 11.0. The van der Waals surface area contributed by atoms with E-state index in [2.05, 4.69) is 32.0 Å². The summed E-state index contributed by atoms with van der Waals surface area (Å²) in [5, 5.41) is 0. The minimum absolute atomic E-state index is 0.0432. The monoisotopic (exact) mass is 317 g/mol. The summed E-state index contributed by atoms with van der Waals surface area (Å²) in [7, 11) is 0. The van der Waals surface area contributed by atoms with E-state index in [0.717, 1.165) is 6.42 Å². The Bertz CT molecular complexity index is 560. The van der Waals surface area contributed by atoms with Gasteiger partial charge in [-0.1, -0.05) is 23.8 Å². The lowest BCUT2D eigenvalue weighted by Crippen LogP contribution is -2.40. The smallest absolute Gasteiger partial charge is 0.309 e. The second-order valence-electron chi connectivity index (χ2n) is 6.34. The fourth-order valence-electron chi connectivity index (χ4n) is 3.15. The molecule has 0 aromatic heterocycles. The molecule has 4 heteroatoms. The topological polar surface area (TPSA) is 46.6 Å². The molecule has 0 saturated carbocycles. The van der Waals surface area contributed by atoms with Crippen LogP contribution >= 0.6 is 0 Å². The number of carbonyl (C=O) groups excluding carboxylic acids is 2. The Morgan fingerprint density at radius 1 is 1.22 bits per heavy atom. The van der Waals surface area contributed by atoms with Crippen molar-refractivity contribution in [2.75, 3.05) is 19.7 Å². The van der Waals surface area contributed by atoms with E-state index in [0.29, 0.717) is 39.0 Å².